The highest BCUT2D eigenvalue weighted by atomic mass is 32.1. The van der Waals surface area contributed by atoms with Crippen molar-refractivity contribution in [2.75, 3.05) is 7.05 Å². The second kappa shape index (κ2) is 6.01. The molecule has 106 valence electrons. The maximum atomic E-state index is 11.2. The van der Waals surface area contributed by atoms with Gasteiger partial charge in [-0.25, -0.2) is 0 Å². The first-order valence-electron chi connectivity index (χ1n) is 6.88. The van der Waals surface area contributed by atoms with E-state index in [9.17, 15) is 9.90 Å². The summed E-state index contributed by atoms with van der Waals surface area (Å²) >= 11 is 1.64. The zero-order valence-corrected chi connectivity index (χ0v) is 12.4. The molecule has 1 aromatic rings. The quantitative estimate of drug-likeness (QED) is 0.900. The number of carboxylic acid groups (broad SMARTS) is 1. The fraction of sp³-hybridized carbons (Fsp3) is 0.714. The van der Waals surface area contributed by atoms with Crippen molar-refractivity contribution in [2.45, 2.75) is 57.0 Å². The molecule has 1 heterocycles. The number of hydrogen-bond donors (Lipinski definition) is 1. The molecule has 1 fully saturated rings. The van der Waals surface area contributed by atoms with Crippen molar-refractivity contribution in [1.29, 1.82) is 0 Å². The molecule has 0 amide bonds. The normalized spacial score (nSPS) is 20.4. The van der Waals surface area contributed by atoms with E-state index >= 15 is 0 Å². The van der Waals surface area contributed by atoms with Crippen LogP contribution in [-0.2, 0) is 4.79 Å². The van der Waals surface area contributed by atoms with Crippen LogP contribution in [0.1, 0.15) is 56.4 Å². The second-order valence-electron chi connectivity index (χ2n) is 5.55. The summed E-state index contributed by atoms with van der Waals surface area (Å²) in [5.74, 6) is -0.690. The van der Waals surface area contributed by atoms with Crippen LogP contribution in [0.3, 0.4) is 0 Å². The minimum Gasteiger partial charge on any atom is -0.481 e. The number of hydrogen-bond acceptors (Lipinski definition) is 4. The third-order valence-corrected chi connectivity index (χ3v) is 5.40. The molecule has 1 aromatic heterocycles. The van der Waals surface area contributed by atoms with Gasteiger partial charge in [0.25, 0.3) is 0 Å². The second-order valence-corrected chi connectivity index (χ2v) is 6.46. The number of carboxylic acids is 1. The molecule has 0 aromatic carbocycles. The third-order valence-electron chi connectivity index (χ3n) is 4.46. The van der Waals surface area contributed by atoms with E-state index < -0.39 is 5.97 Å². The Morgan fingerprint density at radius 3 is 2.74 bits per heavy atom. The average molecular weight is 282 g/mol. The van der Waals surface area contributed by atoms with Gasteiger partial charge in [0.15, 0.2) is 0 Å². The Morgan fingerprint density at radius 1 is 1.53 bits per heavy atom. The molecule has 1 atom stereocenters. The summed E-state index contributed by atoms with van der Waals surface area (Å²) in [4.78, 5) is 18.9. The van der Waals surface area contributed by atoms with Crippen LogP contribution in [0.15, 0.2) is 11.7 Å². The summed E-state index contributed by atoms with van der Waals surface area (Å²) in [6.07, 6.45) is 7.60. The van der Waals surface area contributed by atoms with Gasteiger partial charge in [-0.15, -0.1) is 11.3 Å². The molecule has 1 aliphatic carbocycles. The maximum Gasteiger partial charge on any atom is 0.305 e. The Balaban J connectivity index is 2.19. The molecule has 0 radical (unpaired) electrons. The van der Waals surface area contributed by atoms with Crippen LogP contribution < -0.4 is 0 Å². The number of carbonyl (C=O) groups is 1. The lowest BCUT2D eigenvalue weighted by atomic mass is 9.77. The standard InChI is InChI=1S/C14H22N2O2S/c1-11(12-9-15-10-19-12)16(2)14(8-13(17)18)6-4-3-5-7-14/h9-11H,3-8H2,1-2H3,(H,17,18). The van der Waals surface area contributed by atoms with Crippen LogP contribution in [0.5, 0.6) is 0 Å². The number of aromatic nitrogens is 1. The number of rotatable bonds is 5. The van der Waals surface area contributed by atoms with Crippen molar-refractivity contribution in [3.05, 3.63) is 16.6 Å². The SMILES string of the molecule is CC(c1cncs1)N(C)C1(CC(=O)O)CCCCC1. The van der Waals surface area contributed by atoms with Gasteiger partial charge in [0.2, 0.25) is 0 Å². The van der Waals surface area contributed by atoms with Crippen LogP contribution in [0.25, 0.3) is 0 Å². The van der Waals surface area contributed by atoms with E-state index in [0.29, 0.717) is 0 Å². The van der Waals surface area contributed by atoms with E-state index in [1.54, 1.807) is 11.3 Å². The first-order chi connectivity index (χ1) is 9.05. The molecule has 5 heteroatoms. The Bertz CT molecular complexity index is 413. The van der Waals surface area contributed by atoms with Gasteiger partial charge >= 0.3 is 5.97 Å². The first-order valence-corrected chi connectivity index (χ1v) is 7.76. The maximum absolute atomic E-state index is 11.2. The van der Waals surface area contributed by atoms with Crippen molar-refractivity contribution in [2.24, 2.45) is 0 Å². The average Bonchev–Trinajstić information content (AvgIpc) is 2.91. The Kier molecular flexibility index (Phi) is 4.58. The Labute approximate surface area is 118 Å². The van der Waals surface area contributed by atoms with E-state index in [1.807, 2.05) is 11.7 Å². The molecule has 19 heavy (non-hydrogen) atoms. The summed E-state index contributed by atoms with van der Waals surface area (Å²) in [7, 11) is 2.07. The lowest BCUT2D eigenvalue weighted by Gasteiger charge is -2.46. The number of thiazole rings is 1. The molecule has 0 aliphatic heterocycles. The number of aliphatic carboxylic acids is 1. The van der Waals surface area contributed by atoms with Crippen LogP contribution in [0, 0.1) is 0 Å². The highest BCUT2D eigenvalue weighted by Crippen LogP contribution is 2.40. The summed E-state index contributed by atoms with van der Waals surface area (Å²) in [6, 6.07) is 0.227. The molecule has 4 nitrogen and oxygen atoms in total. The zero-order chi connectivity index (χ0) is 13.9. The molecular formula is C14H22N2O2S. The van der Waals surface area contributed by atoms with Crippen LogP contribution in [0.4, 0.5) is 0 Å². The minimum atomic E-state index is -0.690. The van der Waals surface area contributed by atoms with Gasteiger partial charge in [0, 0.05) is 22.7 Å². The van der Waals surface area contributed by atoms with Crippen LogP contribution in [-0.4, -0.2) is 33.5 Å². The van der Waals surface area contributed by atoms with E-state index in [2.05, 4.69) is 23.9 Å². The Morgan fingerprint density at radius 2 is 2.21 bits per heavy atom. The van der Waals surface area contributed by atoms with Crippen molar-refractivity contribution in [3.8, 4) is 0 Å². The highest BCUT2D eigenvalue weighted by Gasteiger charge is 2.40. The monoisotopic (exact) mass is 282 g/mol. The molecule has 0 bridgehead atoms. The van der Waals surface area contributed by atoms with Crippen LogP contribution >= 0.6 is 11.3 Å². The lowest BCUT2D eigenvalue weighted by Crippen LogP contribution is -2.50. The van der Waals surface area contributed by atoms with Gasteiger partial charge in [0.05, 0.1) is 11.9 Å². The van der Waals surface area contributed by atoms with Crippen molar-refractivity contribution >= 4 is 17.3 Å². The first kappa shape index (κ1) is 14.5. The Hall–Kier alpha value is -0.940. The van der Waals surface area contributed by atoms with Gasteiger partial charge in [-0.3, -0.25) is 14.7 Å². The lowest BCUT2D eigenvalue weighted by molar-refractivity contribution is -0.141. The van der Waals surface area contributed by atoms with Gasteiger partial charge < -0.3 is 5.11 Å². The zero-order valence-electron chi connectivity index (χ0n) is 11.6. The third kappa shape index (κ3) is 3.15. The van der Waals surface area contributed by atoms with E-state index in [-0.39, 0.29) is 18.0 Å². The minimum absolute atomic E-state index is 0.187. The summed E-state index contributed by atoms with van der Waals surface area (Å²) in [5.41, 5.74) is 1.65. The van der Waals surface area contributed by atoms with Crippen LogP contribution in [0.2, 0.25) is 0 Å². The molecule has 1 N–H and O–H groups in total. The summed E-state index contributed by atoms with van der Waals surface area (Å²) in [6.45, 7) is 2.14. The van der Waals surface area contributed by atoms with Gasteiger partial charge in [-0.1, -0.05) is 19.3 Å². The summed E-state index contributed by atoms with van der Waals surface area (Å²) in [5, 5.41) is 9.26. The molecular weight excluding hydrogens is 260 g/mol. The smallest absolute Gasteiger partial charge is 0.305 e. The van der Waals surface area contributed by atoms with Gasteiger partial charge in [0.1, 0.15) is 0 Å². The fourth-order valence-corrected chi connectivity index (χ4v) is 3.90. The number of nitrogens with zero attached hydrogens (tertiary/aromatic N) is 2. The topological polar surface area (TPSA) is 53.4 Å². The fourth-order valence-electron chi connectivity index (χ4n) is 3.18. The van der Waals surface area contributed by atoms with E-state index in [1.165, 1.54) is 11.3 Å². The largest absolute Gasteiger partial charge is 0.481 e. The van der Waals surface area contributed by atoms with Gasteiger partial charge in [-0.2, -0.15) is 0 Å². The highest BCUT2D eigenvalue weighted by molar-refractivity contribution is 7.09. The predicted octanol–water partition coefficient (Wildman–Crippen LogP) is 3.31. The van der Waals surface area contributed by atoms with E-state index in [4.69, 9.17) is 0 Å². The molecule has 2 rings (SSSR count). The molecule has 1 saturated carbocycles. The predicted molar refractivity (Wildman–Crippen MR) is 76.4 cm³/mol. The molecule has 0 spiro atoms. The van der Waals surface area contributed by atoms with E-state index in [0.717, 1.165) is 25.7 Å². The van der Waals surface area contributed by atoms with Gasteiger partial charge in [-0.05, 0) is 26.8 Å². The van der Waals surface area contributed by atoms with Crippen molar-refractivity contribution in [1.82, 2.24) is 9.88 Å². The van der Waals surface area contributed by atoms with Crippen molar-refractivity contribution < 1.29 is 9.90 Å². The van der Waals surface area contributed by atoms with Crippen molar-refractivity contribution in [3.63, 3.8) is 0 Å². The molecule has 1 aliphatic rings. The summed E-state index contributed by atoms with van der Waals surface area (Å²) < 4.78 is 0. The molecule has 1 unspecified atom stereocenters. The molecule has 0 saturated heterocycles.